The minimum atomic E-state index is -0.248. The molecule has 0 bridgehead atoms. The highest BCUT2D eigenvalue weighted by Gasteiger charge is 2.17. The highest BCUT2D eigenvalue weighted by atomic mass is 32.1. The molecule has 0 saturated heterocycles. The molecule has 0 heterocycles. The van der Waals surface area contributed by atoms with Gasteiger partial charge in [0.1, 0.15) is 5.82 Å². The molecule has 2 N–H and O–H groups in total. The van der Waals surface area contributed by atoms with E-state index in [1.165, 1.54) is 12.1 Å². The molecule has 0 atom stereocenters. The van der Waals surface area contributed by atoms with Crippen LogP contribution in [0.15, 0.2) is 24.3 Å². The summed E-state index contributed by atoms with van der Waals surface area (Å²) in [5.74, 6) is 0.748. The maximum Gasteiger partial charge on any atom is 0.171 e. The minimum Gasteiger partial charge on any atom is -0.359 e. The van der Waals surface area contributed by atoms with Crippen molar-refractivity contribution in [3.8, 4) is 0 Å². The van der Waals surface area contributed by atoms with Crippen molar-refractivity contribution in [2.45, 2.75) is 33.7 Å². The Labute approximate surface area is 114 Å². The van der Waals surface area contributed by atoms with E-state index in [1.807, 2.05) is 0 Å². The molecule has 1 rings (SSSR count). The first-order valence-corrected chi connectivity index (χ1v) is 6.64. The lowest BCUT2D eigenvalue weighted by Crippen LogP contribution is -2.44. The van der Waals surface area contributed by atoms with Gasteiger partial charge in [0.25, 0.3) is 0 Å². The number of hydrogen-bond acceptors (Lipinski definition) is 1. The predicted octanol–water partition coefficient (Wildman–Crippen LogP) is 3.79. The largest absolute Gasteiger partial charge is 0.359 e. The van der Waals surface area contributed by atoms with E-state index in [-0.39, 0.29) is 5.82 Å². The van der Waals surface area contributed by atoms with E-state index >= 15 is 0 Å². The van der Waals surface area contributed by atoms with E-state index in [0.29, 0.717) is 23.0 Å². The Morgan fingerprint density at radius 2 is 1.56 bits per heavy atom. The topological polar surface area (TPSA) is 24.1 Å². The number of thiocarbonyl (C=S) groups is 1. The van der Waals surface area contributed by atoms with Crippen LogP contribution >= 0.6 is 12.2 Å². The third kappa shape index (κ3) is 4.61. The third-order valence-corrected chi connectivity index (χ3v) is 3.06. The fourth-order valence-electron chi connectivity index (χ4n) is 1.95. The average Bonchev–Trinajstić information content (AvgIpc) is 2.28. The Kier molecular flexibility index (Phi) is 5.54. The van der Waals surface area contributed by atoms with Gasteiger partial charge in [-0.15, -0.1) is 0 Å². The number of benzene rings is 1. The molecular formula is C14H21FN2S. The molecule has 0 spiro atoms. The lowest BCUT2D eigenvalue weighted by atomic mass is 9.93. The fraction of sp³-hybridized carbons (Fsp3) is 0.500. The van der Waals surface area contributed by atoms with Gasteiger partial charge in [0, 0.05) is 11.7 Å². The molecule has 1 aromatic carbocycles. The molecule has 1 aromatic rings. The second-order valence-electron chi connectivity index (χ2n) is 5.12. The molecule has 0 aliphatic carbocycles. The summed E-state index contributed by atoms with van der Waals surface area (Å²) < 4.78 is 12.8. The maximum absolute atomic E-state index is 12.8. The Hall–Kier alpha value is -1.16. The monoisotopic (exact) mass is 268 g/mol. The Morgan fingerprint density at radius 1 is 1.06 bits per heavy atom. The summed E-state index contributed by atoms with van der Waals surface area (Å²) in [6.07, 6.45) is 0. The zero-order valence-electron chi connectivity index (χ0n) is 11.3. The molecular weight excluding hydrogens is 247 g/mol. The minimum absolute atomic E-state index is 0.248. The summed E-state index contributed by atoms with van der Waals surface area (Å²) in [5, 5.41) is 6.95. The first kappa shape index (κ1) is 14.9. The van der Waals surface area contributed by atoms with Crippen LogP contribution in [0.3, 0.4) is 0 Å². The van der Waals surface area contributed by atoms with Crippen LogP contribution < -0.4 is 10.6 Å². The van der Waals surface area contributed by atoms with Gasteiger partial charge in [0.2, 0.25) is 0 Å². The molecule has 0 fully saturated rings. The second-order valence-corrected chi connectivity index (χ2v) is 5.53. The highest BCUT2D eigenvalue weighted by molar-refractivity contribution is 7.80. The van der Waals surface area contributed by atoms with Crippen LogP contribution in [-0.4, -0.2) is 11.2 Å². The summed E-state index contributed by atoms with van der Waals surface area (Å²) in [6.45, 7) is 8.66. The van der Waals surface area contributed by atoms with E-state index < -0.39 is 0 Å². The van der Waals surface area contributed by atoms with Crippen LogP contribution in [0.25, 0.3) is 0 Å². The fourth-order valence-corrected chi connectivity index (χ4v) is 2.21. The van der Waals surface area contributed by atoms with Gasteiger partial charge in [-0.05, 0) is 48.3 Å². The van der Waals surface area contributed by atoms with Crippen LogP contribution in [0.2, 0.25) is 0 Å². The van der Waals surface area contributed by atoms with Gasteiger partial charge in [-0.2, -0.15) is 0 Å². The Morgan fingerprint density at radius 3 is 2.00 bits per heavy atom. The van der Waals surface area contributed by atoms with Crippen LogP contribution in [0.5, 0.6) is 0 Å². The van der Waals surface area contributed by atoms with Crippen molar-refractivity contribution in [1.82, 2.24) is 5.32 Å². The standard InChI is InChI=1S/C14H21FN2S/c1-9(2)13(10(3)4)17-14(18)16-12-7-5-11(15)6-8-12/h5-10,13H,1-4H3,(H2,16,17,18). The van der Waals surface area contributed by atoms with Gasteiger partial charge in [-0.1, -0.05) is 27.7 Å². The quantitative estimate of drug-likeness (QED) is 0.812. The Balaban J connectivity index is 2.58. The van der Waals surface area contributed by atoms with Crippen molar-refractivity contribution in [2.24, 2.45) is 11.8 Å². The van der Waals surface area contributed by atoms with Crippen LogP contribution in [0.4, 0.5) is 10.1 Å². The van der Waals surface area contributed by atoms with Crippen LogP contribution in [0.1, 0.15) is 27.7 Å². The third-order valence-electron chi connectivity index (χ3n) is 2.84. The molecule has 0 aromatic heterocycles. The molecule has 0 radical (unpaired) electrons. The second kappa shape index (κ2) is 6.69. The first-order valence-electron chi connectivity index (χ1n) is 6.23. The van der Waals surface area contributed by atoms with E-state index in [2.05, 4.69) is 38.3 Å². The summed E-state index contributed by atoms with van der Waals surface area (Å²) >= 11 is 5.27. The highest BCUT2D eigenvalue weighted by Crippen LogP contribution is 2.13. The number of halogens is 1. The van der Waals surface area contributed by atoms with Gasteiger partial charge in [-0.25, -0.2) is 4.39 Å². The molecule has 0 saturated carbocycles. The number of nitrogens with one attached hydrogen (secondary N) is 2. The smallest absolute Gasteiger partial charge is 0.171 e. The zero-order valence-corrected chi connectivity index (χ0v) is 12.1. The lowest BCUT2D eigenvalue weighted by molar-refractivity contribution is 0.356. The molecule has 0 aliphatic rings. The summed E-state index contributed by atoms with van der Waals surface area (Å²) in [7, 11) is 0. The Bertz CT molecular complexity index is 379. The molecule has 0 unspecified atom stereocenters. The van der Waals surface area contributed by atoms with Crippen LogP contribution in [-0.2, 0) is 0 Å². The molecule has 18 heavy (non-hydrogen) atoms. The van der Waals surface area contributed by atoms with Crippen molar-refractivity contribution in [2.75, 3.05) is 5.32 Å². The average molecular weight is 268 g/mol. The van der Waals surface area contributed by atoms with Crippen molar-refractivity contribution in [3.05, 3.63) is 30.1 Å². The normalized spacial score (nSPS) is 11.1. The van der Waals surface area contributed by atoms with Gasteiger partial charge >= 0.3 is 0 Å². The number of rotatable bonds is 4. The first-order chi connectivity index (χ1) is 8.40. The summed E-state index contributed by atoms with van der Waals surface area (Å²) in [5.41, 5.74) is 0.792. The van der Waals surface area contributed by atoms with Gasteiger partial charge in [0.05, 0.1) is 0 Å². The summed E-state index contributed by atoms with van der Waals surface area (Å²) in [4.78, 5) is 0. The molecule has 0 amide bonds. The zero-order chi connectivity index (χ0) is 13.7. The molecule has 100 valence electrons. The van der Waals surface area contributed by atoms with E-state index in [0.717, 1.165) is 5.69 Å². The summed E-state index contributed by atoms with van der Waals surface area (Å²) in [6, 6.07) is 6.48. The van der Waals surface area contributed by atoms with Gasteiger partial charge < -0.3 is 10.6 Å². The van der Waals surface area contributed by atoms with Crippen molar-refractivity contribution in [3.63, 3.8) is 0 Å². The molecule has 0 aliphatic heterocycles. The van der Waals surface area contributed by atoms with E-state index in [1.54, 1.807) is 12.1 Å². The van der Waals surface area contributed by atoms with Gasteiger partial charge in [0.15, 0.2) is 5.11 Å². The van der Waals surface area contributed by atoms with Crippen molar-refractivity contribution < 1.29 is 4.39 Å². The van der Waals surface area contributed by atoms with Crippen molar-refractivity contribution in [1.29, 1.82) is 0 Å². The maximum atomic E-state index is 12.8. The predicted molar refractivity (Wildman–Crippen MR) is 79.2 cm³/mol. The van der Waals surface area contributed by atoms with Crippen LogP contribution in [0, 0.1) is 17.7 Å². The molecule has 4 heteroatoms. The molecule has 2 nitrogen and oxygen atoms in total. The van der Waals surface area contributed by atoms with E-state index in [4.69, 9.17) is 12.2 Å². The van der Waals surface area contributed by atoms with Gasteiger partial charge in [-0.3, -0.25) is 0 Å². The SMILES string of the molecule is CC(C)C(NC(=S)Nc1ccc(F)cc1)C(C)C. The number of hydrogen-bond donors (Lipinski definition) is 2. The van der Waals surface area contributed by atoms with E-state index in [9.17, 15) is 4.39 Å². The lowest BCUT2D eigenvalue weighted by Gasteiger charge is -2.27. The number of anilines is 1. The van der Waals surface area contributed by atoms with Crippen molar-refractivity contribution >= 4 is 23.0 Å².